The Morgan fingerprint density at radius 3 is 2.46 bits per heavy atom. The van der Waals surface area contributed by atoms with Crippen LogP contribution in [0.3, 0.4) is 0 Å². The van der Waals surface area contributed by atoms with Gasteiger partial charge >= 0.3 is 0 Å². The molecule has 0 saturated carbocycles. The Balaban J connectivity index is 3.34. The highest BCUT2D eigenvalue weighted by Crippen LogP contribution is 2.18. The van der Waals surface area contributed by atoms with Crippen LogP contribution in [0.25, 0.3) is 0 Å². The molecule has 3 heteroatoms. The van der Waals surface area contributed by atoms with Gasteiger partial charge in [-0.2, -0.15) is 0 Å². The second kappa shape index (κ2) is 3.89. The Morgan fingerprint density at radius 2 is 2.08 bits per heavy atom. The van der Waals surface area contributed by atoms with Gasteiger partial charge in [0.25, 0.3) is 0 Å². The molecule has 0 aliphatic heterocycles. The molecule has 1 atom stereocenters. The molecule has 0 spiro atoms. The fraction of sp³-hybridized carbons (Fsp3) is 0.300. The molecule has 70 valence electrons. The highest BCUT2D eigenvalue weighted by molar-refractivity contribution is 7.27. The summed E-state index contributed by atoms with van der Waals surface area (Å²) in [6.07, 6.45) is 0. The smallest absolute Gasteiger partial charge is 0.249 e. The van der Waals surface area contributed by atoms with Crippen molar-refractivity contribution in [1.82, 2.24) is 0 Å². The molecule has 0 aromatic heterocycles. The molecule has 1 unspecified atom stereocenters. The molecule has 1 rings (SSSR count). The van der Waals surface area contributed by atoms with E-state index < -0.39 is 0 Å². The van der Waals surface area contributed by atoms with Crippen LogP contribution in [0.5, 0.6) is 0 Å². The molecule has 0 bridgehead atoms. The predicted octanol–water partition coefficient (Wildman–Crippen LogP) is 1.41. The molecular weight excluding hydrogens is 181 g/mol. The van der Waals surface area contributed by atoms with Crippen molar-refractivity contribution in [1.29, 1.82) is 0 Å². The number of carbonyl (C=O) groups excluding carboxylic acids is 1. The number of rotatable bonds is 2. The van der Waals surface area contributed by atoms with Gasteiger partial charge in [-0.3, -0.25) is 4.79 Å². The second-order valence-corrected chi connectivity index (χ2v) is 3.95. The van der Waals surface area contributed by atoms with Gasteiger partial charge in [-0.05, 0) is 16.8 Å². The van der Waals surface area contributed by atoms with Gasteiger partial charge in [0.2, 0.25) is 5.91 Å². The monoisotopic (exact) mass is 195 g/mol. The van der Waals surface area contributed by atoms with Crippen LogP contribution < -0.4 is 11.0 Å². The number of hydrogen-bond donors (Lipinski definition) is 1. The highest BCUT2D eigenvalue weighted by Gasteiger charge is 2.12. The van der Waals surface area contributed by atoms with E-state index in [1.165, 1.54) is 0 Å². The Labute approximate surface area is 80.7 Å². The number of hydrogen-bond acceptors (Lipinski definition) is 1. The van der Waals surface area contributed by atoms with Crippen molar-refractivity contribution in [3.8, 4) is 0 Å². The average Bonchev–Trinajstić information content (AvgIpc) is 2.02. The van der Waals surface area contributed by atoms with E-state index in [9.17, 15) is 4.79 Å². The lowest BCUT2D eigenvalue weighted by Gasteiger charge is -2.11. The van der Waals surface area contributed by atoms with Gasteiger partial charge < -0.3 is 5.73 Å². The van der Waals surface area contributed by atoms with Crippen LogP contribution in [-0.4, -0.2) is 5.91 Å². The Bertz CT molecular complexity index is 334. The minimum absolute atomic E-state index is 0.322. The molecule has 2 nitrogen and oxygen atoms in total. The molecule has 0 radical (unpaired) electrons. The molecule has 1 aromatic rings. The fourth-order valence-electron chi connectivity index (χ4n) is 1.35. The van der Waals surface area contributed by atoms with Crippen LogP contribution >= 0.6 is 9.24 Å². The molecule has 2 N–H and O–H groups in total. The molecule has 0 aliphatic carbocycles. The van der Waals surface area contributed by atoms with E-state index in [0.717, 1.165) is 10.9 Å². The molecule has 13 heavy (non-hydrogen) atoms. The van der Waals surface area contributed by atoms with Crippen molar-refractivity contribution in [3.63, 3.8) is 0 Å². The quantitative estimate of drug-likeness (QED) is 0.712. The lowest BCUT2D eigenvalue weighted by Crippen LogP contribution is -2.21. The first-order valence-corrected chi connectivity index (χ1v) is 4.80. The summed E-state index contributed by atoms with van der Waals surface area (Å²) in [7, 11) is 2.53. The van der Waals surface area contributed by atoms with E-state index in [4.69, 9.17) is 5.73 Å². The standard InChI is InChI=1S/C10H14NOP/c1-6(2)7-4-3-5-8(13)9(7)10(11)12/h3-6H,13H2,1-2H3,(H2,11,12). The number of nitrogens with two attached hydrogens (primary N) is 1. The predicted molar refractivity (Wildman–Crippen MR) is 58.4 cm³/mol. The molecule has 0 aliphatic rings. The fourth-order valence-corrected chi connectivity index (χ4v) is 1.77. The third-order valence-electron chi connectivity index (χ3n) is 2.00. The first-order chi connectivity index (χ1) is 6.04. The average molecular weight is 195 g/mol. The van der Waals surface area contributed by atoms with Gasteiger partial charge in [-0.25, -0.2) is 0 Å². The topological polar surface area (TPSA) is 43.1 Å². The Morgan fingerprint density at radius 1 is 1.46 bits per heavy atom. The maximum Gasteiger partial charge on any atom is 0.249 e. The highest BCUT2D eigenvalue weighted by atomic mass is 31.0. The first kappa shape index (κ1) is 10.2. The summed E-state index contributed by atoms with van der Waals surface area (Å²) >= 11 is 0. The molecule has 0 heterocycles. The third kappa shape index (κ3) is 2.07. The Kier molecular flexibility index (Phi) is 3.05. The third-order valence-corrected chi connectivity index (χ3v) is 2.48. The first-order valence-electron chi connectivity index (χ1n) is 4.22. The summed E-state index contributed by atoms with van der Waals surface area (Å²) in [6.45, 7) is 4.10. The maximum absolute atomic E-state index is 11.2. The van der Waals surface area contributed by atoms with Crippen LogP contribution in [0.15, 0.2) is 18.2 Å². The molecule has 1 aromatic carbocycles. The van der Waals surface area contributed by atoms with Gasteiger partial charge in [0.05, 0.1) is 0 Å². The zero-order valence-electron chi connectivity index (χ0n) is 7.87. The van der Waals surface area contributed by atoms with Crippen LogP contribution in [0.4, 0.5) is 0 Å². The van der Waals surface area contributed by atoms with Crippen molar-refractivity contribution < 1.29 is 4.79 Å². The van der Waals surface area contributed by atoms with E-state index in [1.807, 2.05) is 32.0 Å². The molecule has 1 amide bonds. The Hall–Kier alpha value is -0.880. The van der Waals surface area contributed by atoms with E-state index >= 15 is 0 Å². The van der Waals surface area contributed by atoms with Gasteiger partial charge in [-0.1, -0.05) is 32.0 Å². The zero-order valence-corrected chi connectivity index (χ0v) is 9.03. The lowest BCUT2D eigenvalue weighted by molar-refractivity contribution is 0.1000. The number of primary amides is 1. The summed E-state index contributed by atoms with van der Waals surface area (Å²) < 4.78 is 0. The van der Waals surface area contributed by atoms with E-state index in [2.05, 4.69) is 9.24 Å². The van der Waals surface area contributed by atoms with Crippen molar-refractivity contribution >= 4 is 20.5 Å². The largest absolute Gasteiger partial charge is 0.366 e. The minimum atomic E-state index is -0.352. The summed E-state index contributed by atoms with van der Waals surface area (Å²) in [5.74, 6) is -0.0303. The van der Waals surface area contributed by atoms with Gasteiger partial charge in [-0.15, -0.1) is 9.24 Å². The van der Waals surface area contributed by atoms with E-state index in [1.54, 1.807) is 0 Å². The molecule has 0 fully saturated rings. The lowest BCUT2D eigenvalue weighted by atomic mass is 9.97. The van der Waals surface area contributed by atoms with Crippen molar-refractivity contribution in [2.75, 3.05) is 0 Å². The van der Waals surface area contributed by atoms with Crippen LogP contribution in [0.2, 0.25) is 0 Å². The van der Waals surface area contributed by atoms with Crippen LogP contribution in [0, 0.1) is 0 Å². The summed E-state index contributed by atoms with van der Waals surface area (Å²) in [5, 5.41) is 0.874. The SMILES string of the molecule is CC(C)c1cccc(P)c1C(N)=O. The van der Waals surface area contributed by atoms with Crippen LogP contribution in [0.1, 0.15) is 35.7 Å². The molecule has 0 saturated heterocycles. The van der Waals surface area contributed by atoms with Gasteiger partial charge in [0.15, 0.2) is 0 Å². The normalized spacial score (nSPS) is 10.5. The number of carbonyl (C=O) groups is 1. The van der Waals surface area contributed by atoms with Gasteiger partial charge in [0, 0.05) is 5.56 Å². The molecular formula is C10H14NOP. The zero-order chi connectivity index (χ0) is 10.0. The van der Waals surface area contributed by atoms with Gasteiger partial charge in [0.1, 0.15) is 0 Å². The number of amides is 1. The number of benzene rings is 1. The second-order valence-electron chi connectivity index (χ2n) is 3.33. The van der Waals surface area contributed by atoms with E-state index in [-0.39, 0.29) is 5.91 Å². The summed E-state index contributed by atoms with van der Waals surface area (Å²) in [4.78, 5) is 11.2. The van der Waals surface area contributed by atoms with Crippen molar-refractivity contribution in [3.05, 3.63) is 29.3 Å². The summed E-state index contributed by atoms with van der Waals surface area (Å²) in [5.41, 5.74) is 6.96. The maximum atomic E-state index is 11.2. The van der Waals surface area contributed by atoms with E-state index in [0.29, 0.717) is 11.5 Å². The van der Waals surface area contributed by atoms with Crippen molar-refractivity contribution in [2.45, 2.75) is 19.8 Å². The van der Waals surface area contributed by atoms with Crippen molar-refractivity contribution in [2.24, 2.45) is 5.73 Å². The minimum Gasteiger partial charge on any atom is -0.366 e. The van der Waals surface area contributed by atoms with Crippen LogP contribution in [-0.2, 0) is 0 Å². The summed E-state index contributed by atoms with van der Waals surface area (Å²) in [6, 6.07) is 5.75.